The lowest BCUT2D eigenvalue weighted by Crippen LogP contribution is -2.11. The van der Waals surface area contributed by atoms with Crippen molar-refractivity contribution in [2.75, 3.05) is 0 Å². The summed E-state index contributed by atoms with van der Waals surface area (Å²) in [7, 11) is -3.67. The van der Waals surface area contributed by atoms with E-state index in [0.29, 0.717) is 5.52 Å². The van der Waals surface area contributed by atoms with Gasteiger partial charge in [0.1, 0.15) is 0 Å². The number of hydrogen-bond donors (Lipinski definition) is 1. The lowest BCUT2D eigenvalue weighted by atomic mass is 10.3. The van der Waals surface area contributed by atoms with Crippen molar-refractivity contribution in [2.24, 2.45) is 5.14 Å². The second-order valence-corrected chi connectivity index (χ2v) is 5.18. The Morgan fingerprint density at radius 1 is 1.54 bits per heavy atom. The van der Waals surface area contributed by atoms with Crippen LogP contribution < -0.4 is 5.14 Å². The number of aromatic nitrogens is 1. The zero-order valence-electron chi connectivity index (χ0n) is 6.39. The van der Waals surface area contributed by atoms with Crippen LogP contribution in [0.4, 0.5) is 0 Å². The first-order valence-corrected chi connectivity index (χ1v) is 5.73. The van der Waals surface area contributed by atoms with Crippen molar-refractivity contribution in [3.05, 3.63) is 24.3 Å². The molecule has 67 valence electrons. The van der Waals surface area contributed by atoms with E-state index in [1.165, 1.54) is 0 Å². The third-order valence-electron chi connectivity index (χ3n) is 1.46. The largest absolute Gasteiger partial charge is 0.265 e. The molecule has 1 aromatic heterocycles. The van der Waals surface area contributed by atoms with Crippen LogP contribution in [0.1, 0.15) is 0 Å². The van der Waals surface area contributed by atoms with Crippen LogP contribution in [0.2, 0.25) is 0 Å². The molecule has 0 bridgehead atoms. The van der Waals surface area contributed by atoms with Crippen molar-refractivity contribution in [3.8, 4) is 0 Å². The average Bonchev–Trinajstić information content (AvgIpc) is 2.45. The summed E-state index contributed by atoms with van der Waals surface area (Å²) in [4.78, 5) is 3.86. The zero-order valence-corrected chi connectivity index (χ0v) is 8.02. The van der Waals surface area contributed by atoms with Gasteiger partial charge in [-0.25, -0.2) is 18.5 Å². The molecule has 2 aromatic rings. The molecular weight excluding hydrogens is 208 g/mol. The van der Waals surface area contributed by atoms with Gasteiger partial charge in [0, 0.05) is 0 Å². The smallest absolute Gasteiger partial charge is 0.224 e. The highest BCUT2D eigenvalue weighted by Crippen LogP contribution is 2.23. The minimum absolute atomic E-state index is 0.0536. The summed E-state index contributed by atoms with van der Waals surface area (Å²) in [5.41, 5.74) is 0.608. The lowest BCUT2D eigenvalue weighted by Gasteiger charge is -1.85. The number of fused-ring (bicyclic) bond motifs is 1. The molecule has 0 aliphatic rings. The standard InChI is InChI=1S/C7H5N2O2S2/c8-13(10,11)7-9-5-3-1-2-4-6(5)12-7/h2-4H,(H2,8,10,11). The zero-order chi connectivity index (χ0) is 9.47. The molecule has 2 rings (SSSR count). The Morgan fingerprint density at radius 2 is 2.31 bits per heavy atom. The molecule has 0 fully saturated rings. The summed E-state index contributed by atoms with van der Waals surface area (Å²) < 4.78 is 22.6. The van der Waals surface area contributed by atoms with Crippen LogP contribution in [-0.4, -0.2) is 13.4 Å². The number of rotatable bonds is 1. The third kappa shape index (κ3) is 1.55. The Balaban J connectivity index is 2.77. The first-order valence-electron chi connectivity index (χ1n) is 3.37. The Bertz CT molecular complexity index is 511. The van der Waals surface area contributed by atoms with E-state index in [9.17, 15) is 8.42 Å². The predicted molar refractivity (Wildman–Crippen MR) is 49.8 cm³/mol. The lowest BCUT2D eigenvalue weighted by molar-refractivity contribution is 0.597. The van der Waals surface area contributed by atoms with E-state index in [2.05, 4.69) is 11.1 Å². The van der Waals surface area contributed by atoms with E-state index in [-0.39, 0.29) is 4.34 Å². The van der Waals surface area contributed by atoms with Crippen molar-refractivity contribution in [2.45, 2.75) is 4.34 Å². The number of nitrogens with zero attached hydrogens (tertiary/aromatic N) is 1. The number of benzene rings is 1. The fraction of sp³-hybridized carbons (Fsp3) is 0. The first kappa shape index (κ1) is 8.61. The van der Waals surface area contributed by atoms with Crippen LogP contribution in [0.15, 0.2) is 22.5 Å². The van der Waals surface area contributed by atoms with Gasteiger partial charge in [0.2, 0.25) is 4.34 Å². The van der Waals surface area contributed by atoms with Crippen LogP contribution in [-0.2, 0) is 10.0 Å². The normalized spacial score (nSPS) is 12.1. The summed E-state index contributed by atoms with van der Waals surface area (Å²) >= 11 is 1.06. The van der Waals surface area contributed by atoms with Gasteiger partial charge in [-0.2, -0.15) is 0 Å². The maximum Gasteiger partial charge on any atom is 0.265 e. The number of hydrogen-bond acceptors (Lipinski definition) is 4. The molecule has 1 radical (unpaired) electrons. The van der Waals surface area contributed by atoms with Crippen molar-refractivity contribution in [1.82, 2.24) is 4.98 Å². The molecule has 1 heterocycles. The Morgan fingerprint density at radius 3 is 2.92 bits per heavy atom. The molecule has 4 nitrogen and oxygen atoms in total. The van der Waals surface area contributed by atoms with Gasteiger partial charge in [0.25, 0.3) is 10.0 Å². The Hall–Kier alpha value is -0.980. The highest BCUT2D eigenvalue weighted by molar-refractivity contribution is 7.91. The molecule has 0 aliphatic carbocycles. The molecule has 1 aromatic carbocycles. The molecule has 0 atom stereocenters. The summed E-state index contributed by atoms with van der Waals surface area (Å²) in [5, 5.41) is 4.93. The van der Waals surface area contributed by atoms with Gasteiger partial charge in [0.05, 0.1) is 10.2 Å². The monoisotopic (exact) mass is 213 g/mol. The van der Waals surface area contributed by atoms with Gasteiger partial charge in [-0.1, -0.05) is 6.07 Å². The molecule has 6 heteroatoms. The van der Waals surface area contributed by atoms with Crippen molar-refractivity contribution < 1.29 is 8.42 Å². The first-order chi connectivity index (χ1) is 6.07. The molecule has 0 aliphatic heterocycles. The van der Waals surface area contributed by atoms with E-state index < -0.39 is 10.0 Å². The minimum atomic E-state index is -3.67. The molecule has 2 N–H and O–H groups in total. The fourth-order valence-corrected chi connectivity index (χ4v) is 2.55. The number of nitrogens with two attached hydrogens (primary N) is 1. The molecule has 0 saturated heterocycles. The molecular formula is C7H5N2O2S2. The molecule has 0 spiro atoms. The van der Waals surface area contributed by atoms with E-state index in [0.717, 1.165) is 16.0 Å². The van der Waals surface area contributed by atoms with E-state index >= 15 is 0 Å². The number of sulfonamides is 1. The SMILES string of the molecule is NS(=O)(=O)c1nc2c[c]ccc2s1. The fourth-order valence-electron chi connectivity index (χ4n) is 0.918. The topological polar surface area (TPSA) is 73.1 Å². The van der Waals surface area contributed by atoms with Crippen LogP contribution in [0, 0.1) is 6.07 Å². The summed E-state index contributed by atoms with van der Waals surface area (Å²) in [6.07, 6.45) is 0. The van der Waals surface area contributed by atoms with Crippen LogP contribution in [0.3, 0.4) is 0 Å². The van der Waals surface area contributed by atoms with Gasteiger partial charge in [-0.3, -0.25) is 0 Å². The van der Waals surface area contributed by atoms with Gasteiger partial charge in [-0.05, 0) is 18.2 Å². The third-order valence-corrected chi connectivity index (χ3v) is 3.81. The molecule has 0 amide bonds. The van der Waals surface area contributed by atoms with Crippen molar-refractivity contribution in [3.63, 3.8) is 0 Å². The van der Waals surface area contributed by atoms with Crippen molar-refractivity contribution in [1.29, 1.82) is 0 Å². The Labute approximate surface area is 79.1 Å². The van der Waals surface area contributed by atoms with E-state index in [4.69, 9.17) is 5.14 Å². The second-order valence-electron chi connectivity index (χ2n) is 2.42. The maximum absolute atomic E-state index is 10.9. The Kier molecular flexibility index (Phi) is 1.83. The summed E-state index contributed by atoms with van der Waals surface area (Å²) in [6, 6.07) is 7.89. The highest BCUT2D eigenvalue weighted by atomic mass is 32.2. The van der Waals surface area contributed by atoms with Crippen LogP contribution in [0.5, 0.6) is 0 Å². The number of thiazole rings is 1. The van der Waals surface area contributed by atoms with Gasteiger partial charge < -0.3 is 0 Å². The van der Waals surface area contributed by atoms with Crippen LogP contribution in [0.25, 0.3) is 10.2 Å². The summed E-state index contributed by atoms with van der Waals surface area (Å²) in [5.74, 6) is 0. The minimum Gasteiger partial charge on any atom is -0.224 e. The summed E-state index contributed by atoms with van der Waals surface area (Å²) in [6.45, 7) is 0. The van der Waals surface area contributed by atoms with Gasteiger partial charge in [0.15, 0.2) is 0 Å². The molecule has 0 saturated carbocycles. The van der Waals surface area contributed by atoms with E-state index in [1.807, 2.05) is 0 Å². The maximum atomic E-state index is 10.9. The van der Waals surface area contributed by atoms with Gasteiger partial charge >= 0.3 is 0 Å². The molecule has 0 unspecified atom stereocenters. The van der Waals surface area contributed by atoms with Crippen LogP contribution >= 0.6 is 11.3 Å². The quantitative estimate of drug-likeness (QED) is 0.759. The van der Waals surface area contributed by atoms with E-state index in [1.54, 1.807) is 18.2 Å². The second kappa shape index (κ2) is 2.76. The van der Waals surface area contributed by atoms with Crippen molar-refractivity contribution >= 4 is 31.6 Å². The highest BCUT2D eigenvalue weighted by Gasteiger charge is 2.13. The average molecular weight is 213 g/mol. The predicted octanol–water partition coefficient (Wildman–Crippen LogP) is 0.744. The van der Waals surface area contributed by atoms with Gasteiger partial charge in [-0.15, -0.1) is 11.3 Å². The number of primary sulfonamides is 1. The molecule has 13 heavy (non-hydrogen) atoms.